The van der Waals surface area contributed by atoms with Crippen LogP contribution in [-0.4, -0.2) is 16.9 Å². The van der Waals surface area contributed by atoms with Crippen LogP contribution in [0, 0.1) is 0 Å². The summed E-state index contributed by atoms with van der Waals surface area (Å²) in [4.78, 5) is 16.3. The van der Waals surface area contributed by atoms with Crippen molar-refractivity contribution in [1.82, 2.24) is 4.98 Å². The molecule has 1 aromatic heterocycles. The second-order valence-electron chi connectivity index (χ2n) is 6.52. The third-order valence-electron chi connectivity index (χ3n) is 3.14. The first-order valence-electron chi connectivity index (χ1n) is 7.22. The lowest BCUT2D eigenvalue weighted by Crippen LogP contribution is -2.19. The summed E-state index contributed by atoms with van der Waals surface area (Å²) in [6, 6.07) is 5.52. The second-order valence-corrected chi connectivity index (χ2v) is 6.52. The highest BCUT2D eigenvalue weighted by atomic mass is 16.3. The van der Waals surface area contributed by atoms with Gasteiger partial charge in [-0.05, 0) is 31.5 Å². The van der Waals surface area contributed by atoms with E-state index in [0.29, 0.717) is 18.7 Å². The average Bonchev–Trinajstić information content (AvgIpc) is 2.79. The van der Waals surface area contributed by atoms with Crippen molar-refractivity contribution in [3.05, 3.63) is 24.1 Å². The van der Waals surface area contributed by atoms with Crippen LogP contribution < -0.4 is 11.1 Å². The van der Waals surface area contributed by atoms with E-state index in [4.69, 9.17) is 10.2 Å². The lowest BCUT2D eigenvalue weighted by atomic mass is 9.97. The van der Waals surface area contributed by atoms with Gasteiger partial charge in [-0.25, -0.2) is 4.98 Å². The summed E-state index contributed by atoms with van der Waals surface area (Å²) in [5.74, 6) is 0.657. The summed E-state index contributed by atoms with van der Waals surface area (Å²) in [6.45, 7) is 8.04. The van der Waals surface area contributed by atoms with Gasteiger partial charge in [-0.2, -0.15) is 0 Å². The molecule has 0 radical (unpaired) electrons. The number of aromatic nitrogens is 1. The maximum Gasteiger partial charge on any atom is 0.224 e. The van der Waals surface area contributed by atoms with Crippen LogP contribution >= 0.6 is 0 Å². The Bertz CT molecular complexity index is 638. The van der Waals surface area contributed by atoms with Gasteiger partial charge in [0.15, 0.2) is 5.58 Å². The maximum absolute atomic E-state index is 11.8. The summed E-state index contributed by atoms with van der Waals surface area (Å²) in [6.07, 6.45) is 1.09. The molecule has 114 valence electrons. The summed E-state index contributed by atoms with van der Waals surface area (Å²) in [5, 5.41) is 2.86. The van der Waals surface area contributed by atoms with Gasteiger partial charge in [-0.15, -0.1) is 0 Å². The Morgan fingerprint density at radius 2 is 2.14 bits per heavy atom. The highest BCUT2D eigenvalue weighted by Crippen LogP contribution is 2.27. The molecule has 2 aromatic rings. The fourth-order valence-corrected chi connectivity index (χ4v) is 1.91. The van der Waals surface area contributed by atoms with Crippen molar-refractivity contribution in [2.75, 3.05) is 5.32 Å². The molecule has 1 amide bonds. The topological polar surface area (TPSA) is 81.2 Å². The second kappa shape index (κ2) is 5.85. The maximum atomic E-state index is 11.8. The van der Waals surface area contributed by atoms with Crippen molar-refractivity contribution < 1.29 is 9.21 Å². The molecule has 0 spiro atoms. The van der Waals surface area contributed by atoms with Gasteiger partial charge in [0.1, 0.15) is 5.52 Å². The van der Waals surface area contributed by atoms with Gasteiger partial charge >= 0.3 is 0 Å². The van der Waals surface area contributed by atoms with Crippen LogP contribution in [0.5, 0.6) is 0 Å². The van der Waals surface area contributed by atoms with E-state index in [1.807, 2.05) is 45.9 Å². The first-order chi connectivity index (χ1) is 9.75. The number of nitrogens with one attached hydrogen (secondary N) is 1. The Labute approximate surface area is 124 Å². The van der Waals surface area contributed by atoms with E-state index in [1.54, 1.807) is 0 Å². The van der Waals surface area contributed by atoms with E-state index < -0.39 is 0 Å². The van der Waals surface area contributed by atoms with E-state index in [0.717, 1.165) is 16.8 Å². The van der Waals surface area contributed by atoms with Crippen molar-refractivity contribution in [2.45, 2.75) is 52.0 Å². The van der Waals surface area contributed by atoms with E-state index in [2.05, 4.69) is 10.3 Å². The van der Waals surface area contributed by atoms with Gasteiger partial charge in [0.2, 0.25) is 11.8 Å². The minimum Gasteiger partial charge on any atom is -0.440 e. The van der Waals surface area contributed by atoms with Gasteiger partial charge in [0.25, 0.3) is 0 Å². The largest absolute Gasteiger partial charge is 0.440 e. The molecule has 1 heterocycles. The smallest absolute Gasteiger partial charge is 0.224 e. The molecule has 0 bridgehead atoms. The van der Waals surface area contributed by atoms with E-state index in [9.17, 15) is 4.79 Å². The molecule has 21 heavy (non-hydrogen) atoms. The number of amides is 1. The SMILES string of the molecule is CC(N)CCC(=O)Nc1ccc2oc(C(C)(C)C)nc2c1. The predicted molar refractivity (Wildman–Crippen MR) is 84.2 cm³/mol. The number of carbonyl (C=O) groups is 1. The number of hydrogen-bond donors (Lipinski definition) is 2. The molecule has 3 N–H and O–H groups in total. The molecular weight excluding hydrogens is 266 g/mol. The number of anilines is 1. The number of oxazole rings is 1. The van der Waals surface area contributed by atoms with E-state index in [1.165, 1.54) is 0 Å². The predicted octanol–water partition coefficient (Wildman–Crippen LogP) is 3.19. The molecule has 0 saturated carbocycles. The molecule has 5 nitrogen and oxygen atoms in total. The molecule has 2 rings (SSSR count). The summed E-state index contributed by atoms with van der Waals surface area (Å²) in [7, 11) is 0. The number of benzene rings is 1. The normalized spacial score (nSPS) is 13.4. The summed E-state index contributed by atoms with van der Waals surface area (Å²) < 4.78 is 5.73. The van der Waals surface area contributed by atoms with Gasteiger partial charge in [0, 0.05) is 23.6 Å². The first kappa shape index (κ1) is 15.5. The van der Waals surface area contributed by atoms with E-state index in [-0.39, 0.29) is 17.4 Å². The van der Waals surface area contributed by atoms with Crippen LogP contribution in [0.15, 0.2) is 22.6 Å². The molecule has 0 aliphatic heterocycles. The summed E-state index contributed by atoms with van der Waals surface area (Å²) in [5.41, 5.74) is 7.72. The number of nitrogens with two attached hydrogens (primary N) is 1. The van der Waals surface area contributed by atoms with Crippen LogP contribution in [0.25, 0.3) is 11.1 Å². The van der Waals surface area contributed by atoms with Crippen LogP contribution in [-0.2, 0) is 10.2 Å². The molecule has 5 heteroatoms. The minimum atomic E-state index is -0.139. The van der Waals surface area contributed by atoms with Crippen LogP contribution in [0.1, 0.15) is 46.4 Å². The highest BCUT2D eigenvalue weighted by molar-refractivity contribution is 5.92. The summed E-state index contributed by atoms with van der Waals surface area (Å²) >= 11 is 0. The third kappa shape index (κ3) is 4.04. The Kier molecular flexibility index (Phi) is 4.32. The zero-order valence-electron chi connectivity index (χ0n) is 13.1. The monoisotopic (exact) mass is 289 g/mol. The first-order valence-corrected chi connectivity index (χ1v) is 7.22. The van der Waals surface area contributed by atoms with Gasteiger partial charge in [-0.1, -0.05) is 20.8 Å². The zero-order chi connectivity index (χ0) is 15.6. The number of nitrogens with zero attached hydrogens (tertiary/aromatic N) is 1. The molecular formula is C16H23N3O2. The van der Waals surface area contributed by atoms with Crippen LogP contribution in [0.4, 0.5) is 5.69 Å². The molecule has 0 saturated heterocycles. The fraction of sp³-hybridized carbons (Fsp3) is 0.500. The highest BCUT2D eigenvalue weighted by Gasteiger charge is 2.21. The molecule has 1 atom stereocenters. The minimum absolute atomic E-state index is 0.0307. The quantitative estimate of drug-likeness (QED) is 0.905. The van der Waals surface area contributed by atoms with Gasteiger partial charge in [-0.3, -0.25) is 4.79 Å². The number of fused-ring (bicyclic) bond motifs is 1. The van der Waals surface area contributed by atoms with Crippen molar-refractivity contribution in [3.8, 4) is 0 Å². The van der Waals surface area contributed by atoms with Gasteiger partial charge in [0.05, 0.1) is 0 Å². The average molecular weight is 289 g/mol. The number of hydrogen-bond acceptors (Lipinski definition) is 4. The number of carbonyl (C=O) groups excluding carboxylic acids is 1. The fourth-order valence-electron chi connectivity index (χ4n) is 1.91. The Morgan fingerprint density at radius 1 is 1.43 bits per heavy atom. The molecule has 0 aliphatic rings. The molecule has 0 aliphatic carbocycles. The third-order valence-corrected chi connectivity index (χ3v) is 3.14. The standard InChI is InChI=1S/C16H23N3O2/c1-10(17)5-8-14(20)18-11-6-7-13-12(9-11)19-15(21-13)16(2,3)4/h6-7,9-10H,5,8,17H2,1-4H3,(H,18,20). The molecule has 0 fully saturated rings. The Balaban J connectivity index is 2.13. The molecule has 1 unspecified atom stereocenters. The van der Waals surface area contributed by atoms with Crippen molar-refractivity contribution in [3.63, 3.8) is 0 Å². The molecule has 1 aromatic carbocycles. The van der Waals surface area contributed by atoms with Crippen LogP contribution in [0.3, 0.4) is 0 Å². The zero-order valence-corrected chi connectivity index (χ0v) is 13.1. The Morgan fingerprint density at radius 3 is 2.76 bits per heavy atom. The number of rotatable bonds is 4. The van der Waals surface area contributed by atoms with Crippen LogP contribution in [0.2, 0.25) is 0 Å². The lowest BCUT2D eigenvalue weighted by molar-refractivity contribution is -0.116. The van der Waals surface area contributed by atoms with E-state index >= 15 is 0 Å². The van der Waals surface area contributed by atoms with Crippen molar-refractivity contribution in [1.29, 1.82) is 0 Å². The Hall–Kier alpha value is -1.88. The van der Waals surface area contributed by atoms with Gasteiger partial charge < -0.3 is 15.5 Å². The lowest BCUT2D eigenvalue weighted by Gasteiger charge is -2.11. The van der Waals surface area contributed by atoms with Crippen molar-refractivity contribution >= 4 is 22.7 Å². The van der Waals surface area contributed by atoms with Crippen molar-refractivity contribution in [2.24, 2.45) is 5.73 Å².